The molecule has 0 aliphatic carbocycles. The molecule has 0 aliphatic heterocycles. The summed E-state index contributed by atoms with van der Waals surface area (Å²) in [6.07, 6.45) is 2.21. The smallest absolute Gasteiger partial charge is 0.326 e. The molecule has 1 aromatic rings. The molecule has 1 aromatic heterocycles. The molecule has 13 heteroatoms. The molecule has 0 bridgehead atoms. The van der Waals surface area contributed by atoms with Crippen LogP contribution in [0.15, 0.2) is 12.5 Å². The van der Waals surface area contributed by atoms with Gasteiger partial charge >= 0.3 is 11.9 Å². The third-order valence-electron chi connectivity index (χ3n) is 4.02. The van der Waals surface area contributed by atoms with Crippen molar-refractivity contribution < 1.29 is 34.2 Å². The van der Waals surface area contributed by atoms with Gasteiger partial charge in [-0.15, -0.1) is 0 Å². The van der Waals surface area contributed by atoms with Crippen LogP contribution in [0.25, 0.3) is 0 Å². The number of nitrogens with two attached hydrogens (primary N) is 1. The molecule has 1 rings (SSSR count). The third-order valence-corrected chi connectivity index (χ3v) is 4.02. The van der Waals surface area contributed by atoms with Crippen LogP contribution in [0.3, 0.4) is 0 Å². The fourth-order valence-corrected chi connectivity index (χ4v) is 2.42. The minimum atomic E-state index is -1.33. The van der Waals surface area contributed by atoms with E-state index in [2.05, 4.69) is 25.9 Å². The number of H-pyrrole nitrogens is 1. The van der Waals surface area contributed by atoms with E-state index in [4.69, 9.17) is 10.8 Å². The molecule has 166 valence electrons. The van der Waals surface area contributed by atoms with Gasteiger partial charge in [0, 0.05) is 18.3 Å². The molecule has 30 heavy (non-hydrogen) atoms. The summed E-state index contributed by atoms with van der Waals surface area (Å²) in [6, 6.07) is -3.64. The minimum Gasteiger partial charge on any atom is -0.481 e. The van der Waals surface area contributed by atoms with Gasteiger partial charge < -0.3 is 36.9 Å². The molecule has 0 radical (unpaired) electrons. The van der Waals surface area contributed by atoms with E-state index in [-0.39, 0.29) is 6.42 Å². The number of aliphatic carboxylic acids is 2. The lowest BCUT2D eigenvalue weighted by molar-refractivity contribution is -0.143. The summed E-state index contributed by atoms with van der Waals surface area (Å²) in [7, 11) is 0. The maximum atomic E-state index is 12.6. The van der Waals surface area contributed by atoms with Crippen LogP contribution in [0.1, 0.15) is 26.0 Å². The second kappa shape index (κ2) is 11.5. The molecule has 0 aliphatic rings. The van der Waals surface area contributed by atoms with Gasteiger partial charge in [-0.1, -0.05) is 13.8 Å². The zero-order chi connectivity index (χ0) is 22.8. The molecule has 13 nitrogen and oxygen atoms in total. The highest BCUT2D eigenvalue weighted by atomic mass is 16.4. The first-order chi connectivity index (χ1) is 14.0. The standard InChI is InChI=1S/C17H26N6O7/c1-8(2)14(17(29)30)23-16(28)11(3-9-5-19-7-21-9)22-12(24)6-20-15(27)10(18)4-13(25)26/h5,7-8,10-11,14H,3-4,6,18H2,1-2H3,(H,19,21)(H,20,27)(H,22,24)(H,23,28)(H,25,26)(H,29,30). The van der Waals surface area contributed by atoms with Crippen molar-refractivity contribution in [1.82, 2.24) is 25.9 Å². The number of carboxylic acid groups (broad SMARTS) is 2. The molecular formula is C17H26N6O7. The van der Waals surface area contributed by atoms with Crippen LogP contribution >= 0.6 is 0 Å². The lowest BCUT2D eigenvalue weighted by Crippen LogP contribution is -2.55. The highest BCUT2D eigenvalue weighted by molar-refractivity contribution is 5.93. The SMILES string of the molecule is CC(C)C(NC(=O)C(Cc1cnc[nH]1)NC(=O)CNC(=O)C(N)CC(=O)O)C(=O)O. The summed E-state index contributed by atoms with van der Waals surface area (Å²) < 4.78 is 0. The Labute approximate surface area is 171 Å². The average molecular weight is 426 g/mol. The van der Waals surface area contributed by atoms with Crippen molar-refractivity contribution in [2.75, 3.05) is 6.54 Å². The normalized spacial score (nSPS) is 13.7. The van der Waals surface area contributed by atoms with Crippen molar-refractivity contribution >= 4 is 29.7 Å². The van der Waals surface area contributed by atoms with Crippen molar-refractivity contribution in [2.45, 2.75) is 44.8 Å². The topological polar surface area (TPSA) is 217 Å². The van der Waals surface area contributed by atoms with Crippen molar-refractivity contribution in [3.63, 3.8) is 0 Å². The van der Waals surface area contributed by atoms with Gasteiger partial charge in [0.15, 0.2) is 0 Å². The van der Waals surface area contributed by atoms with Gasteiger partial charge in [0.25, 0.3) is 0 Å². The van der Waals surface area contributed by atoms with Crippen LogP contribution in [0.2, 0.25) is 0 Å². The molecule has 0 saturated carbocycles. The molecule has 0 saturated heterocycles. The number of hydrogen-bond acceptors (Lipinski definition) is 7. The minimum absolute atomic E-state index is 0.00547. The van der Waals surface area contributed by atoms with E-state index in [1.165, 1.54) is 12.5 Å². The number of carbonyl (C=O) groups is 5. The van der Waals surface area contributed by atoms with Gasteiger partial charge in [-0.2, -0.15) is 0 Å². The maximum absolute atomic E-state index is 12.6. The van der Waals surface area contributed by atoms with E-state index >= 15 is 0 Å². The number of nitrogens with one attached hydrogen (secondary N) is 4. The van der Waals surface area contributed by atoms with Crippen molar-refractivity contribution in [1.29, 1.82) is 0 Å². The lowest BCUT2D eigenvalue weighted by atomic mass is 10.0. The Bertz CT molecular complexity index is 765. The van der Waals surface area contributed by atoms with E-state index < -0.39 is 66.7 Å². The first-order valence-electron chi connectivity index (χ1n) is 9.06. The molecule has 8 N–H and O–H groups in total. The third kappa shape index (κ3) is 8.26. The summed E-state index contributed by atoms with van der Waals surface area (Å²) in [6.45, 7) is 2.69. The Hall–Kier alpha value is -3.48. The summed E-state index contributed by atoms with van der Waals surface area (Å²) in [5, 5.41) is 24.9. The number of aromatic nitrogens is 2. The first-order valence-corrected chi connectivity index (χ1v) is 9.06. The summed E-state index contributed by atoms with van der Waals surface area (Å²) in [4.78, 5) is 65.0. The van der Waals surface area contributed by atoms with E-state index in [1.54, 1.807) is 13.8 Å². The van der Waals surface area contributed by atoms with Gasteiger partial charge in [0.1, 0.15) is 12.1 Å². The molecule has 0 aromatic carbocycles. The second-order valence-electron chi connectivity index (χ2n) is 6.89. The van der Waals surface area contributed by atoms with Gasteiger partial charge in [0.05, 0.1) is 25.3 Å². The second-order valence-corrected chi connectivity index (χ2v) is 6.89. The summed E-state index contributed by atoms with van der Waals surface area (Å²) in [5.41, 5.74) is 5.91. The summed E-state index contributed by atoms with van der Waals surface area (Å²) in [5.74, 6) is -5.20. The van der Waals surface area contributed by atoms with Crippen LogP contribution < -0.4 is 21.7 Å². The molecule has 1 heterocycles. The maximum Gasteiger partial charge on any atom is 0.326 e. The van der Waals surface area contributed by atoms with Crippen LogP contribution in [-0.4, -0.2) is 74.5 Å². The number of nitrogens with zero attached hydrogens (tertiary/aromatic N) is 1. The molecule has 3 amide bonds. The number of carbonyl (C=O) groups excluding carboxylic acids is 3. The summed E-state index contributed by atoms with van der Waals surface area (Å²) >= 11 is 0. The Kier molecular flexibility index (Phi) is 9.42. The van der Waals surface area contributed by atoms with Crippen molar-refractivity contribution in [3.8, 4) is 0 Å². The number of amides is 3. The molecule has 3 atom stereocenters. The quantitative estimate of drug-likeness (QED) is 0.189. The van der Waals surface area contributed by atoms with Gasteiger partial charge in [-0.3, -0.25) is 19.2 Å². The predicted molar refractivity (Wildman–Crippen MR) is 102 cm³/mol. The van der Waals surface area contributed by atoms with Crippen LogP contribution in [0.5, 0.6) is 0 Å². The van der Waals surface area contributed by atoms with Crippen molar-refractivity contribution in [2.24, 2.45) is 11.7 Å². The number of imidazole rings is 1. The molecule has 3 unspecified atom stereocenters. The molecule has 0 fully saturated rings. The van der Waals surface area contributed by atoms with Gasteiger partial charge in [-0.25, -0.2) is 9.78 Å². The number of rotatable bonds is 12. The van der Waals surface area contributed by atoms with E-state index in [0.29, 0.717) is 5.69 Å². The fourth-order valence-electron chi connectivity index (χ4n) is 2.42. The highest BCUT2D eigenvalue weighted by Crippen LogP contribution is 2.05. The van der Waals surface area contributed by atoms with Gasteiger partial charge in [-0.05, 0) is 5.92 Å². The van der Waals surface area contributed by atoms with Gasteiger partial charge in [0.2, 0.25) is 17.7 Å². The largest absolute Gasteiger partial charge is 0.481 e. The molecule has 0 spiro atoms. The Morgan fingerprint density at radius 1 is 1.13 bits per heavy atom. The van der Waals surface area contributed by atoms with E-state index in [9.17, 15) is 29.1 Å². The molecular weight excluding hydrogens is 400 g/mol. The number of carboxylic acids is 2. The zero-order valence-electron chi connectivity index (χ0n) is 16.5. The number of hydrogen-bond donors (Lipinski definition) is 7. The predicted octanol–water partition coefficient (Wildman–Crippen LogP) is -2.42. The van der Waals surface area contributed by atoms with Crippen LogP contribution in [0.4, 0.5) is 0 Å². The monoisotopic (exact) mass is 426 g/mol. The van der Waals surface area contributed by atoms with Crippen LogP contribution in [0, 0.1) is 5.92 Å². The Morgan fingerprint density at radius 3 is 2.30 bits per heavy atom. The first kappa shape index (κ1) is 24.6. The average Bonchev–Trinajstić information content (AvgIpc) is 3.15. The number of aromatic amines is 1. The zero-order valence-corrected chi connectivity index (χ0v) is 16.5. The van der Waals surface area contributed by atoms with Crippen molar-refractivity contribution in [3.05, 3.63) is 18.2 Å². The Balaban J connectivity index is 2.77. The van der Waals surface area contributed by atoms with E-state index in [1.807, 2.05) is 0 Å². The highest BCUT2D eigenvalue weighted by Gasteiger charge is 2.29. The van der Waals surface area contributed by atoms with Crippen LogP contribution in [-0.2, 0) is 30.4 Å². The fraction of sp³-hybridized carbons (Fsp3) is 0.529. The lowest BCUT2D eigenvalue weighted by Gasteiger charge is -2.23. The van der Waals surface area contributed by atoms with E-state index in [0.717, 1.165) is 0 Å². The Morgan fingerprint density at radius 2 is 1.80 bits per heavy atom.